The highest BCUT2D eigenvalue weighted by molar-refractivity contribution is 7.07. The molecule has 0 saturated carbocycles. The van der Waals surface area contributed by atoms with Crippen LogP contribution in [0.1, 0.15) is 41.6 Å². The third-order valence-electron chi connectivity index (χ3n) is 6.74. The first-order chi connectivity index (χ1) is 20.3. The minimum atomic E-state index is -0.868. The van der Waals surface area contributed by atoms with Crippen molar-refractivity contribution in [2.45, 2.75) is 19.9 Å². The largest absolute Gasteiger partial charge is 0.497 e. The van der Waals surface area contributed by atoms with Gasteiger partial charge < -0.3 is 23.4 Å². The molecule has 216 valence electrons. The normalized spacial score (nSPS) is 14.7. The summed E-state index contributed by atoms with van der Waals surface area (Å²) in [5, 5.41) is 0. The minimum absolute atomic E-state index is 0.161. The van der Waals surface area contributed by atoms with E-state index in [1.807, 2.05) is 0 Å². The summed E-state index contributed by atoms with van der Waals surface area (Å²) in [6.45, 7) is 3.59. The van der Waals surface area contributed by atoms with Gasteiger partial charge in [-0.1, -0.05) is 23.5 Å². The van der Waals surface area contributed by atoms with Crippen molar-refractivity contribution in [2.75, 3.05) is 27.9 Å². The number of ether oxygens (including phenoxy) is 4. The molecule has 0 unspecified atom stereocenters. The number of methoxy groups -OCH3 is 3. The summed E-state index contributed by atoms with van der Waals surface area (Å²) in [5.74, 6) is 1.02. The number of nitrogens with zero attached hydrogens (tertiary/aromatic N) is 2. The average Bonchev–Trinajstić information content (AvgIpc) is 3.59. The van der Waals surface area contributed by atoms with Gasteiger partial charge >= 0.3 is 11.9 Å². The Morgan fingerprint density at radius 2 is 1.79 bits per heavy atom. The lowest BCUT2D eigenvalue weighted by Crippen LogP contribution is -2.40. The predicted octanol–water partition coefficient (Wildman–Crippen LogP) is 3.86. The van der Waals surface area contributed by atoms with E-state index in [9.17, 15) is 14.4 Å². The average molecular weight is 589 g/mol. The second kappa shape index (κ2) is 11.9. The van der Waals surface area contributed by atoms with Gasteiger partial charge in [-0.3, -0.25) is 9.36 Å². The van der Waals surface area contributed by atoms with Crippen LogP contribution in [-0.4, -0.2) is 44.4 Å². The fourth-order valence-corrected chi connectivity index (χ4v) is 5.77. The number of aromatic nitrogens is 1. The van der Waals surface area contributed by atoms with Crippen molar-refractivity contribution in [1.29, 1.82) is 0 Å². The molecule has 0 N–H and O–H groups in total. The van der Waals surface area contributed by atoms with Gasteiger partial charge in [-0.25, -0.2) is 14.6 Å². The van der Waals surface area contributed by atoms with Crippen LogP contribution >= 0.6 is 11.3 Å². The quantitative estimate of drug-likeness (QED) is 0.285. The molecule has 3 heterocycles. The molecule has 1 aliphatic heterocycles. The number of fused-ring (bicyclic) bond motifs is 1. The van der Waals surface area contributed by atoms with E-state index in [0.29, 0.717) is 49.2 Å². The first-order valence-corrected chi connectivity index (χ1v) is 13.8. The van der Waals surface area contributed by atoms with E-state index in [1.165, 1.54) is 37.2 Å². The summed E-state index contributed by atoms with van der Waals surface area (Å²) in [6.07, 6.45) is 1.64. The molecule has 11 heteroatoms. The SMILES string of the molecule is CCOC(=O)C1=C(C)N=c2s/c(=C\c3ccc(-c4ccc(C(=O)OC)cc4)o3)c(=O)n2[C@@H]1c1cc(OC)ccc1OC. The van der Waals surface area contributed by atoms with Gasteiger partial charge in [0.1, 0.15) is 29.1 Å². The van der Waals surface area contributed by atoms with E-state index in [2.05, 4.69) is 4.99 Å². The molecule has 2 aromatic carbocycles. The molecule has 0 amide bonds. The van der Waals surface area contributed by atoms with Crippen molar-refractivity contribution in [3.63, 3.8) is 0 Å². The molecule has 0 aliphatic carbocycles. The fourth-order valence-electron chi connectivity index (χ4n) is 4.74. The number of hydrogen-bond donors (Lipinski definition) is 0. The second-order valence-corrected chi connectivity index (χ2v) is 10.2. The Bertz CT molecular complexity index is 1880. The van der Waals surface area contributed by atoms with Gasteiger partial charge in [0.05, 0.1) is 49.3 Å². The molecule has 0 saturated heterocycles. The number of carbonyl (C=O) groups excluding carboxylic acids is 2. The molecule has 1 aliphatic rings. The van der Waals surface area contributed by atoms with Crippen molar-refractivity contribution in [3.05, 3.63) is 102 Å². The van der Waals surface area contributed by atoms with Gasteiger partial charge in [0.2, 0.25) is 0 Å². The van der Waals surface area contributed by atoms with Gasteiger partial charge in [-0.15, -0.1) is 0 Å². The summed E-state index contributed by atoms with van der Waals surface area (Å²) in [5.41, 5.74) is 2.04. The molecule has 5 rings (SSSR count). The molecule has 42 heavy (non-hydrogen) atoms. The molecular weight excluding hydrogens is 560 g/mol. The number of allylic oxidation sites excluding steroid dienone is 1. The van der Waals surface area contributed by atoms with E-state index in [1.54, 1.807) is 74.5 Å². The van der Waals surface area contributed by atoms with Gasteiger partial charge in [0.25, 0.3) is 5.56 Å². The summed E-state index contributed by atoms with van der Waals surface area (Å²) in [7, 11) is 4.39. The predicted molar refractivity (Wildman–Crippen MR) is 155 cm³/mol. The Morgan fingerprint density at radius 1 is 1.02 bits per heavy atom. The fraction of sp³-hybridized carbons (Fsp3) is 0.226. The van der Waals surface area contributed by atoms with Crippen LogP contribution in [0.2, 0.25) is 0 Å². The number of thiazole rings is 1. The molecular formula is C31H28N2O8S. The zero-order valence-electron chi connectivity index (χ0n) is 23.6. The van der Waals surface area contributed by atoms with E-state index in [4.69, 9.17) is 23.4 Å². The number of furan rings is 1. The first kappa shape index (κ1) is 28.6. The van der Waals surface area contributed by atoms with Crippen LogP contribution in [0.5, 0.6) is 11.5 Å². The van der Waals surface area contributed by atoms with Crippen molar-refractivity contribution in [2.24, 2.45) is 4.99 Å². The van der Waals surface area contributed by atoms with E-state index >= 15 is 0 Å². The third-order valence-corrected chi connectivity index (χ3v) is 7.72. The third kappa shape index (κ3) is 5.26. The lowest BCUT2D eigenvalue weighted by atomic mass is 9.95. The molecule has 0 radical (unpaired) electrons. The van der Waals surface area contributed by atoms with Crippen molar-refractivity contribution in [3.8, 4) is 22.8 Å². The van der Waals surface area contributed by atoms with E-state index in [-0.39, 0.29) is 17.7 Å². The molecule has 0 fully saturated rings. The minimum Gasteiger partial charge on any atom is -0.497 e. The van der Waals surface area contributed by atoms with E-state index < -0.39 is 18.0 Å². The molecule has 0 bridgehead atoms. The lowest BCUT2D eigenvalue weighted by Gasteiger charge is -2.26. The Morgan fingerprint density at radius 3 is 2.45 bits per heavy atom. The van der Waals surface area contributed by atoms with Crippen LogP contribution in [0.25, 0.3) is 17.4 Å². The molecule has 0 spiro atoms. The number of rotatable bonds is 8. The number of hydrogen-bond acceptors (Lipinski definition) is 10. The Hall–Kier alpha value is -4.90. The molecule has 2 aromatic heterocycles. The number of benzene rings is 2. The van der Waals surface area contributed by atoms with Crippen molar-refractivity contribution in [1.82, 2.24) is 4.57 Å². The second-order valence-electron chi connectivity index (χ2n) is 9.18. The van der Waals surface area contributed by atoms with Gasteiger partial charge in [0, 0.05) is 17.2 Å². The van der Waals surface area contributed by atoms with E-state index in [0.717, 1.165) is 5.56 Å². The van der Waals surface area contributed by atoms with Crippen LogP contribution in [0.15, 0.2) is 80.1 Å². The zero-order chi connectivity index (χ0) is 30.0. The Balaban J connectivity index is 1.62. The summed E-state index contributed by atoms with van der Waals surface area (Å²) in [4.78, 5) is 43.9. The van der Waals surface area contributed by atoms with Gasteiger partial charge in [-0.2, -0.15) is 0 Å². The molecule has 4 aromatic rings. The monoisotopic (exact) mass is 588 g/mol. The maximum atomic E-state index is 13.9. The van der Waals surface area contributed by atoms with Crippen LogP contribution in [0, 0.1) is 0 Å². The van der Waals surface area contributed by atoms with Gasteiger partial charge in [0.15, 0.2) is 4.80 Å². The Labute approximate surface area is 244 Å². The lowest BCUT2D eigenvalue weighted by molar-refractivity contribution is -0.139. The first-order valence-electron chi connectivity index (χ1n) is 13.0. The summed E-state index contributed by atoms with van der Waals surface area (Å²) < 4.78 is 29.0. The number of carbonyl (C=O) groups is 2. The maximum Gasteiger partial charge on any atom is 0.338 e. The van der Waals surface area contributed by atoms with Crippen molar-refractivity contribution >= 4 is 29.4 Å². The highest BCUT2D eigenvalue weighted by atomic mass is 32.1. The van der Waals surface area contributed by atoms with Crippen LogP contribution in [0.3, 0.4) is 0 Å². The topological polar surface area (TPSA) is 119 Å². The summed E-state index contributed by atoms with van der Waals surface area (Å²) >= 11 is 1.18. The zero-order valence-corrected chi connectivity index (χ0v) is 24.4. The highest BCUT2D eigenvalue weighted by Crippen LogP contribution is 2.37. The van der Waals surface area contributed by atoms with Crippen molar-refractivity contribution < 1.29 is 33.0 Å². The summed E-state index contributed by atoms with van der Waals surface area (Å²) in [6, 6.07) is 14.7. The smallest absolute Gasteiger partial charge is 0.338 e. The number of esters is 2. The van der Waals surface area contributed by atoms with Crippen LogP contribution in [-0.2, 0) is 14.3 Å². The maximum absolute atomic E-state index is 13.9. The molecule has 10 nitrogen and oxygen atoms in total. The highest BCUT2D eigenvalue weighted by Gasteiger charge is 2.35. The van der Waals surface area contributed by atoms with Gasteiger partial charge in [-0.05, 0) is 56.3 Å². The standard InChI is InChI=1S/C31H28N2O8S/c1-6-40-30(36)26-17(2)32-31-33(27(26)22-15-20(37-3)11-14-24(22)38-4)28(34)25(42-31)16-21-12-13-23(41-21)18-7-9-19(10-8-18)29(35)39-5/h7-16,27H,6H2,1-5H3/b25-16-/t27-/m1/s1. The van der Waals surface area contributed by atoms with Crippen LogP contribution < -0.4 is 24.4 Å². The van der Waals surface area contributed by atoms with Crippen LogP contribution in [0.4, 0.5) is 0 Å². The Kier molecular flexibility index (Phi) is 8.12. The molecule has 1 atom stereocenters.